The number of anilines is 2. The van der Waals surface area contributed by atoms with E-state index in [1.165, 1.54) is 12.1 Å². The lowest BCUT2D eigenvalue weighted by molar-refractivity contribution is -0.105. The minimum absolute atomic E-state index is 0.249. The highest BCUT2D eigenvalue weighted by Crippen LogP contribution is 2.23. The van der Waals surface area contributed by atoms with Gasteiger partial charge in [-0.1, -0.05) is 6.07 Å². The second kappa shape index (κ2) is 8.44. The molecule has 1 amide bonds. The second-order valence-electron chi connectivity index (χ2n) is 5.27. The number of hydrogen-bond acceptors (Lipinski definition) is 4. The molecule has 0 aliphatic carbocycles. The first-order chi connectivity index (χ1) is 12.0. The SMILES string of the molecule is CC(=C\c1c(F)cccc1NC=O)/C(N)=C/Nc1ccc(C=O)cc1. The number of aldehydes is 1. The Bertz CT molecular complexity index is 827. The van der Waals surface area contributed by atoms with Gasteiger partial charge in [-0.15, -0.1) is 0 Å². The molecule has 25 heavy (non-hydrogen) atoms. The minimum Gasteiger partial charge on any atom is -0.397 e. The van der Waals surface area contributed by atoms with Crippen LogP contribution < -0.4 is 16.4 Å². The highest BCUT2D eigenvalue weighted by atomic mass is 19.1. The maximum atomic E-state index is 14.0. The van der Waals surface area contributed by atoms with Gasteiger partial charge >= 0.3 is 0 Å². The van der Waals surface area contributed by atoms with E-state index in [0.717, 1.165) is 12.0 Å². The highest BCUT2D eigenvalue weighted by molar-refractivity contribution is 5.80. The topological polar surface area (TPSA) is 84.2 Å². The lowest BCUT2D eigenvalue weighted by atomic mass is 10.1. The van der Waals surface area contributed by atoms with E-state index < -0.39 is 5.82 Å². The summed E-state index contributed by atoms with van der Waals surface area (Å²) in [6.07, 6.45) is 4.39. The molecule has 5 nitrogen and oxygen atoms in total. The molecule has 128 valence electrons. The Morgan fingerprint density at radius 2 is 1.80 bits per heavy atom. The third-order valence-corrected chi connectivity index (χ3v) is 3.52. The molecular formula is C19H18FN3O2. The van der Waals surface area contributed by atoms with E-state index in [1.54, 1.807) is 49.5 Å². The van der Waals surface area contributed by atoms with E-state index in [1.807, 2.05) is 0 Å². The molecular weight excluding hydrogens is 321 g/mol. The van der Waals surface area contributed by atoms with Gasteiger partial charge in [-0.3, -0.25) is 9.59 Å². The van der Waals surface area contributed by atoms with Gasteiger partial charge in [-0.05, 0) is 55.0 Å². The first kappa shape index (κ1) is 17.9. The van der Waals surface area contributed by atoms with Crippen LogP contribution in [0, 0.1) is 5.82 Å². The van der Waals surface area contributed by atoms with Crippen molar-refractivity contribution in [2.75, 3.05) is 10.6 Å². The summed E-state index contributed by atoms with van der Waals surface area (Å²) in [5, 5.41) is 5.47. The molecule has 0 saturated heterocycles. The zero-order chi connectivity index (χ0) is 18.2. The molecule has 6 heteroatoms. The molecule has 0 aliphatic heterocycles. The summed E-state index contributed by atoms with van der Waals surface area (Å²) in [7, 11) is 0. The first-order valence-corrected chi connectivity index (χ1v) is 7.50. The van der Waals surface area contributed by atoms with E-state index in [0.29, 0.717) is 28.9 Å². The molecule has 2 rings (SSSR count). The molecule has 0 unspecified atom stereocenters. The Kier molecular flexibility index (Phi) is 6.06. The number of halogens is 1. The molecule has 0 aliphatic rings. The van der Waals surface area contributed by atoms with Crippen LogP contribution in [-0.4, -0.2) is 12.7 Å². The van der Waals surface area contributed by atoms with Crippen LogP contribution in [0.15, 0.2) is 59.9 Å². The van der Waals surface area contributed by atoms with Crippen molar-refractivity contribution in [1.82, 2.24) is 0 Å². The average Bonchev–Trinajstić information content (AvgIpc) is 2.63. The lowest BCUT2D eigenvalue weighted by Gasteiger charge is -2.09. The number of benzene rings is 2. The van der Waals surface area contributed by atoms with Crippen LogP contribution in [0.4, 0.5) is 15.8 Å². The summed E-state index contributed by atoms with van der Waals surface area (Å²) in [6.45, 7) is 1.74. The largest absolute Gasteiger partial charge is 0.397 e. The van der Waals surface area contributed by atoms with Gasteiger partial charge in [0.1, 0.15) is 12.1 Å². The predicted octanol–water partition coefficient (Wildman–Crippen LogP) is 3.52. The number of carbonyl (C=O) groups is 2. The van der Waals surface area contributed by atoms with Crippen molar-refractivity contribution < 1.29 is 14.0 Å². The Labute approximate surface area is 145 Å². The summed E-state index contributed by atoms with van der Waals surface area (Å²) in [5.41, 5.74) is 8.98. The van der Waals surface area contributed by atoms with E-state index in [2.05, 4.69) is 10.6 Å². The summed E-state index contributed by atoms with van der Waals surface area (Å²) in [5.74, 6) is -0.462. The van der Waals surface area contributed by atoms with Gasteiger partial charge in [0.2, 0.25) is 6.41 Å². The van der Waals surface area contributed by atoms with Gasteiger partial charge in [0.15, 0.2) is 0 Å². The van der Waals surface area contributed by atoms with Crippen LogP contribution in [0.25, 0.3) is 6.08 Å². The number of nitrogens with one attached hydrogen (secondary N) is 2. The quantitative estimate of drug-likeness (QED) is 0.532. The van der Waals surface area contributed by atoms with E-state index in [4.69, 9.17) is 5.73 Å². The second-order valence-corrected chi connectivity index (χ2v) is 5.27. The normalized spacial score (nSPS) is 11.8. The highest BCUT2D eigenvalue weighted by Gasteiger charge is 2.07. The maximum Gasteiger partial charge on any atom is 0.211 e. The van der Waals surface area contributed by atoms with E-state index >= 15 is 0 Å². The van der Waals surface area contributed by atoms with Crippen LogP contribution in [0.2, 0.25) is 0 Å². The van der Waals surface area contributed by atoms with Crippen LogP contribution in [-0.2, 0) is 4.79 Å². The summed E-state index contributed by atoms with van der Waals surface area (Å²) >= 11 is 0. The summed E-state index contributed by atoms with van der Waals surface area (Å²) in [4.78, 5) is 21.3. The van der Waals surface area contributed by atoms with E-state index in [9.17, 15) is 14.0 Å². The molecule has 0 bridgehead atoms. The van der Waals surface area contributed by atoms with Crippen LogP contribution in [0.3, 0.4) is 0 Å². The van der Waals surface area contributed by atoms with Gasteiger partial charge in [-0.25, -0.2) is 4.39 Å². The maximum absolute atomic E-state index is 14.0. The zero-order valence-electron chi connectivity index (χ0n) is 13.6. The van der Waals surface area contributed by atoms with Crippen molar-refractivity contribution in [3.8, 4) is 0 Å². The number of carbonyl (C=O) groups excluding carboxylic acids is 2. The van der Waals surface area contributed by atoms with Crippen molar-refractivity contribution in [3.63, 3.8) is 0 Å². The van der Waals surface area contributed by atoms with Gasteiger partial charge < -0.3 is 16.4 Å². The van der Waals surface area contributed by atoms with Gasteiger partial charge in [-0.2, -0.15) is 0 Å². The van der Waals surface area contributed by atoms with Crippen molar-refractivity contribution in [2.45, 2.75) is 6.92 Å². The third kappa shape index (κ3) is 4.78. The number of rotatable bonds is 7. The molecule has 0 fully saturated rings. The van der Waals surface area contributed by atoms with Gasteiger partial charge in [0.05, 0.1) is 11.4 Å². The average molecular weight is 339 g/mol. The van der Waals surface area contributed by atoms with Crippen molar-refractivity contribution >= 4 is 30.1 Å². The number of allylic oxidation sites excluding steroid dienone is 1. The Morgan fingerprint density at radius 1 is 1.08 bits per heavy atom. The Morgan fingerprint density at radius 3 is 2.44 bits per heavy atom. The standard InChI is InChI=1S/C19H18FN3O2/c1-13(9-16-17(20)3-2-4-19(16)23-12-25)18(21)10-22-15-7-5-14(11-24)6-8-15/h2-12,22H,21H2,1H3,(H,23,25)/b13-9+,18-10-. The molecule has 0 atom stereocenters. The molecule has 0 spiro atoms. The van der Waals surface area contributed by atoms with Crippen LogP contribution in [0.1, 0.15) is 22.8 Å². The molecule has 2 aromatic carbocycles. The molecule has 0 aromatic heterocycles. The molecule has 0 saturated carbocycles. The summed E-state index contributed by atoms with van der Waals surface area (Å²) in [6, 6.07) is 11.3. The monoisotopic (exact) mass is 339 g/mol. The number of nitrogens with two attached hydrogens (primary N) is 1. The molecule has 0 radical (unpaired) electrons. The predicted molar refractivity (Wildman–Crippen MR) is 97.5 cm³/mol. The smallest absolute Gasteiger partial charge is 0.211 e. The van der Waals surface area contributed by atoms with Crippen molar-refractivity contribution in [2.24, 2.45) is 5.73 Å². The number of hydrogen-bond donors (Lipinski definition) is 3. The van der Waals surface area contributed by atoms with Crippen molar-refractivity contribution in [1.29, 1.82) is 0 Å². The number of amides is 1. The van der Waals surface area contributed by atoms with Crippen molar-refractivity contribution in [3.05, 3.63) is 76.9 Å². The van der Waals surface area contributed by atoms with Crippen LogP contribution >= 0.6 is 0 Å². The van der Waals surface area contributed by atoms with Crippen LogP contribution in [0.5, 0.6) is 0 Å². The minimum atomic E-state index is -0.462. The summed E-state index contributed by atoms with van der Waals surface area (Å²) < 4.78 is 14.0. The van der Waals surface area contributed by atoms with E-state index in [-0.39, 0.29) is 5.56 Å². The molecule has 2 aromatic rings. The Balaban J connectivity index is 2.20. The lowest BCUT2D eigenvalue weighted by Crippen LogP contribution is -2.04. The van der Waals surface area contributed by atoms with Gasteiger partial charge in [0, 0.05) is 23.0 Å². The fraction of sp³-hybridized carbons (Fsp3) is 0.0526. The Hall–Kier alpha value is -3.41. The zero-order valence-corrected chi connectivity index (χ0v) is 13.6. The first-order valence-electron chi connectivity index (χ1n) is 7.50. The fourth-order valence-corrected chi connectivity index (χ4v) is 2.11. The molecule has 4 N–H and O–H groups in total. The third-order valence-electron chi connectivity index (χ3n) is 3.52. The fourth-order valence-electron chi connectivity index (χ4n) is 2.11. The van der Waals surface area contributed by atoms with Gasteiger partial charge in [0.25, 0.3) is 0 Å². The molecule has 0 heterocycles.